The molecule has 1 heterocycles. The Morgan fingerprint density at radius 2 is 1.87 bits per heavy atom. The van der Waals surface area contributed by atoms with Gasteiger partial charge in [0.15, 0.2) is 0 Å². The van der Waals surface area contributed by atoms with E-state index in [1.165, 1.54) is 0 Å². The molecule has 1 aliphatic heterocycles. The van der Waals surface area contributed by atoms with Crippen molar-refractivity contribution in [3.63, 3.8) is 0 Å². The molecular weight excluding hydrogens is 310 g/mol. The molecule has 0 radical (unpaired) electrons. The number of carbonyl (C=O) groups excluding carboxylic acids is 1. The number of hydrogen-bond donors (Lipinski definition) is 1. The first-order chi connectivity index (χ1) is 11.2. The third kappa shape index (κ3) is 3.57. The second kappa shape index (κ2) is 7.16. The van der Waals surface area contributed by atoms with E-state index < -0.39 is 6.10 Å². The highest BCUT2D eigenvalue weighted by atomic mass is 35.5. The molecule has 0 aromatic heterocycles. The summed E-state index contributed by atoms with van der Waals surface area (Å²) >= 11 is 6.15. The summed E-state index contributed by atoms with van der Waals surface area (Å²) in [5.74, 6) is -0.0432. The number of aliphatic hydroxyl groups excluding tert-OH is 1. The quantitative estimate of drug-likeness (QED) is 0.918. The Kier molecular flexibility index (Phi) is 4.99. The number of halogens is 1. The minimum absolute atomic E-state index is 0.0432. The lowest BCUT2D eigenvalue weighted by atomic mass is 10.00. The van der Waals surface area contributed by atoms with Crippen molar-refractivity contribution in [2.24, 2.45) is 0 Å². The number of rotatable bonds is 4. The number of benzene rings is 2. The van der Waals surface area contributed by atoms with Crippen LogP contribution < -0.4 is 0 Å². The van der Waals surface area contributed by atoms with Crippen molar-refractivity contribution in [2.45, 2.75) is 31.4 Å². The third-order valence-corrected chi connectivity index (χ3v) is 4.75. The zero-order valence-corrected chi connectivity index (χ0v) is 13.6. The van der Waals surface area contributed by atoms with E-state index in [1.807, 2.05) is 47.4 Å². The maximum absolute atomic E-state index is 12.8. The highest BCUT2D eigenvalue weighted by molar-refractivity contribution is 6.33. The van der Waals surface area contributed by atoms with Crippen molar-refractivity contribution in [2.75, 3.05) is 6.54 Å². The van der Waals surface area contributed by atoms with Crippen LogP contribution in [0.1, 0.15) is 41.3 Å². The number of nitrogens with zero attached hydrogens (tertiary/aromatic N) is 1. The van der Waals surface area contributed by atoms with Gasteiger partial charge in [-0.3, -0.25) is 4.79 Å². The molecule has 1 amide bonds. The molecule has 0 aliphatic carbocycles. The number of hydrogen-bond acceptors (Lipinski definition) is 2. The summed E-state index contributed by atoms with van der Waals surface area (Å²) in [4.78, 5) is 14.6. The van der Waals surface area contributed by atoms with Gasteiger partial charge in [-0.25, -0.2) is 0 Å². The second-order valence-electron chi connectivity index (χ2n) is 5.94. The van der Waals surface area contributed by atoms with Gasteiger partial charge in [0.05, 0.1) is 16.7 Å². The van der Waals surface area contributed by atoms with Gasteiger partial charge in [-0.2, -0.15) is 0 Å². The molecule has 1 fully saturated rings. The van der Waals surface area contributed by atoms with E-state index in [9.17, 15) is 9.90 Å². The standard InChI is InChI=1S/C19H20ClNO2/c20-17-11-5-4-10-16(17)19(23)21-12-6-9-15(21)13-18(22)14-7-2-1-3-8-14/h1-5,7-8,10-11,15,18,22H,6,9,12-13H2. The molecule has 1 N–H and O–H groups in total. The van der Waals surface area contributed by atoms with Crippen molar-refractivity contribution in [3.05, 3.63) is 70.7 Å². The predicted molar refractivity (Wildman–Crippen MR) is 91.5 cm³/mol. The van der Waals surface area contributed by atoms with Gasteiger partial charge in [0.2, 0.25) is 0 Å². The molecule has 0 bridgehead atoms. The summed E-state index contributed by atoms with van der Waals surface area (Å²) in [5, 5.41) is 10.9. The Hall–Kier alpha value is -1.84. The maximum atomic E-state index is 12.8. The van der Waals surface area contributed by atoms with Crippen molar-refractivity contribution in [1.29, 1.82) is 0 Å². The van der Waals surface area contributed by atoms with Crippen molar-refractivity contribution < 1.29 is 9.90 Å². The summed E-state index contributed by atoms with van der Waals surface area (Å²) in [6, 6.07) is 16.8. The molecule has 0 spiro atoms. The second-order valence-corrected chi connectivity index (χ2v) is 6.34. The minimum atomic E-state index is -0.555. The Bertz CT molecular complexity index is 674. The van der Waals surface area contributed by atoms with Gasteiger partial charge in [-0.15, -0.1) is 0 Å². The minimum Gasteiger partial charge on any atom is -0.388 e. The number of aliphatic hydroxyl groups is 1. The van der Waals surface area contributed by atoms with Crippen LogP contribution in [0.2, 0.25) is 5.02 Å². The van der Waals surface area contributed by atoms with Crippen molar-refractivity contribution in [1.82, 2.24) is 4.90 Å². The summed E-state index contributed by atoms with van der Waals surface area (Å²) in [6.07, 6.45) is 1.88. The van der Waals surface area contributed by atoms with E-state index in [-0.39, 0.29) is 11.9 Å². The zero-order valence-electron chi connectivity index (χ0n) is 12.9. The van der Waals surface area contributed by atoms with E-state index in [0.29, 0.717) is 17.0 Å². The first kappa shape index (κ1) is 16.0. The van der Waals surface area contributed by atoms with E-state index >= 15 is 0 Å². The fourth-order valence-corrected chi connectivity index (χ4v) is 3.42. The number of carbonyl (C=O) groups is 1. The molecule has 2 unspecified atom stereocenters. The smallest absolute Gasteiger partial charge is 0.255 e. The van der Waals surface area contributed by atoms with E-state index in [2.05, 4.69) is 0 Å². The number of likely N-dealkylation sites (tertiary alicyclic amines) is 1. The molecule has 0 saturated carbocycles. The van der Waals surface area contributed by atoms with Crippen LogP contribution in [0, 0.1) is 0 Å². The van der Waals surface area contributed by atoms with Gasteiger partial charge in [0.1, 0.15) is 0 Å². The molecule has 2 aromatic rings. The molecule has 2 aromatic carbocycles. The average Bonchev–Trinajstić information content (AvgIpc) is 3.03. The lowest BCUT2D eigenvalue weighted by molar-refractivity contribution is 0.0667. The molecule has 1 aliphatic rings. The van der Waals surface area contributed by atoms with Crippen LogP contribution >= 0.6 is 11.6 Å². The third-order valence-electron chi connectivity index (χ3n) is 4.42. The van der Waals surface area contributed by atoms with Gasteiger partial charge in [-0.05, 0) is 37.0 Å². The van der Waals surface area contributed by atoms with Crippen LogP contribution in [0.4, 0.5) is 0 Å². The molecule has 4 heteroatoms. The predicted octanol–water partition coefficient (Wildman–Crippen LogP) is 4.07. The molecule has 2 atom stereocenters. The molecular formula is C19H20ClNO2. The molecule has 3 nitrogen and oxygen atoms in total. The Morgan fingerprint density at radius 3 is 2.61 bits per heavy atom. The summed E-state index contributed by atoms with van der Waals surface area (Å²) in [6.45, 7) is 0.718. The van der Waals surface area contributed by atoms with Gasteiger partial charge in [0.25, 0.3) is 5.91 Å². The first-order valence-electron chi connectivity index (χ1n) is 7.95. The summed E-state index contributed by atoms with van der Waals surface area (Å²) < 4.78 is 0. The first-order valence-corrected chi connectivity index (χ1v) is 8.33. The Labute approximate surface area is 141 Å². The highest BCUT2D eigenvalue weighted by Gasteiger charge is 2.31. The molecule has 120 valence electrons. The van der Waals surface area contributed by atoms with Crippen LogP contribution in [0.15, 0.2) is 54.6 Å². The highest BCUT2D eigenvalue weighted by Crippen LogP contribution is 2.29. The normalized spacial score (nSPS) is 18.9. The fraction of sp³-hybridized carbons (Fsp3) is 0.316. The molecule has 3 rings (SSSR count). The summed E-state index contributed by atoms with van der Waals surface area (Å²) in [5.41, 5.74) is 1.43. The summed E-state index contributed by atoms with van der Waals surface area (Å²) in [7, 11) is 0. The van der Waals surface area contributed by atoms with Crippen molar-refractivity contribution in [3.8, 4) is 0 Å². The van der Waals surface area contributed by atoms with Crippen LogP contribution in [0.3, 0.4) is 0 Å². The molecule has 23 heavy (non-hydrogen) atoms. The van der Waals surface area contributed by atoms with Gasteiger partial charge in [0, 0.05) is 12.6 Å². The lowest BCUT2D eigenvalue weighted by Gasteiger charge is -2.27. The van der Waals surface area contributed by atoms with Gasteiger partial charge < -0.3 is 10.0 Å². The Morgan fingerprint density at radius 1 is 1.17 bits per heavy atom. The zero-order chi connectivity index (χ0) is 16.2. The van der Waals surface area contributed by atoms with E-state index in [4.69, 9.17) is 11.6 Å². The van der Waals surface area contributed by atoms with Crippen LogP contribution in [0.5, 0.6) is 0 Å². The van der Waals surface area contributed by atoms with Crippen molar-refractivity contribution >= 4 is 17.5 Å². The largest absolute Gasteiger partial charge is 0.388 e. The van der Waals surface area contributed by atoms with E-state index in [0.717, 1.165) is 24.9 Å². The van der Waals surface area contributed by atoms with Crippen LogP contribution in [-0.2, 0) is 0 Å². The monoisotopic (exact) mass is 329 g/mol. The Balaban J connectivity index is 1.73. The SMILES string of the molecule is O=C(c1ccccc1Cl)N1CCCC1CC(O)c1ccccc1. The van der Waals surface area contributed by atoms with Crippen LogP contribution in [0.25, 0.3) is 0 Å². The van der Waals surface area contributed by atoms with Gasteiger partial charge in [-0.1, -0.05) is 54.1 Å². The lowest BCUT2D eigenvalue weighted by Crippen LogP contribution is -2.36. The average molecular weight is 330 g/mol. The fourth-order valence-electron chi connectivity index (χ4n) is 3.21. The molecule has 1 saturated heterocycles. The van der Waals surface area contributed by atoms with E-state index in [1.54, 1.807) is 12.1 Å². The maximum Gasteiger partial charge on any atom is 0.255 e. The van der Waals surface area contributed by atoms with Gasteiger partial charge >= 0.3 is 0 Å². The number of amides is 1. The topological polar surface area (TPSA) is 40.5 Å². The van der Waals surface area contributed by atoms with Crippen LogP contribution in [-0.4, -0.2) is 28.5 Å².